The summed E-state index contributed by atoms with van der Waals surface area (Å²) in [6.45, 7) is 18.3. The van der Waals surface area contributed by atoms with Crippen molar-refractivity contribution < 1.29 is 39.5 Å². The molecule has 0 unspecified atom stereocenters. The van der Waals surface area contributed by atoms with Crippen molar-refractivity contribution in [3.8, 4) is 51.0 Å². The Kier molecular flexibility index (Phi) is 10.5. The van der Waals surface area contributed by atoms with E-state index in [1.807, 2.05) is 109 Å². The first-order chi connectivity index (χ1) is 38.2. The zero-order chi connectivity index (χ0) is 57.9. The minimum Gasteiger partial charge on any atom is -0.508 e. The average Bonchev–Trinajstić information content (AvgIpc) is 2.84. The van der Waals surface area contributed by atoms with Crippen LogP contribution in [-0.2, 0) is 37.3 Å². The van der Waals surface area contributed by atoms with E-state index in [2.05, 4.69) is 64.3 Å². The van der Waals surface area contributed by atoms with Gasteiger partial charge in [0.05, 0.1) is 37.4 Å². The molecule has 0 saturated heterocycles. The fourth-order valence-electron chi connectivity index (χ4n) is 8.94. The monoisotopic (exact) mass is 1150 g/mol. The maximum atomic E-state index is 9.33. The second kappa shape index (κ2) is 19.5. The number of anilines is 4. The summed E-state index contributed by atoms with van der Waals surface area (Å²) in [5, 5.41) is 1.84. The molecule has 4 heterocycles. The van der Waals surface area contributed by atoms with Crippen LogP contribution in [0.15, 0.2) is 170 Å². The molecule has 0 aliphatic carbocycles. The van der Waals surface area contributed by atoms with Crippen LogP contribution in [0.5, 0.6) is 11.5 Å². The molecule has 3 aromatic heterocycles. The van der Waals surface area contributed by atoms with Crippen molar-refractivity contribution in [2.45, 2.75) is 78.6 Å². The molecule has 10 aromatic rings. The first-order valence-corrected chi connectivity index (χ1v) is 23.6. The summed E-state index contributed by atoms with van der Waals surface area (Å²) < 4.78 is 98.8. The van der Waals surface area contributed by atoms with E-state index >= 15 is 0 Å². The molecule has 0 N–H and O–H groups in total. The van der Waals surface area contributed by atoms with E-state index in [4.69, 9.17) is 32.9 Å². The Hall–Kier alpha value is -7.41. The van der Waals surface area contributed by atoms with Gasteiger partial charge in [0.15, 0.2) is 0 Å². The maximum absolute atomic E-state index is 9.33. The topological polar surface area (TPSA) is 72.2 Å². The smallest absolute Gasteiger partial charge is 0.137 e. The SMILES string of the molecule is [2H]c1c([2H])c([2H])c(-c2cc(C(C)(C)C)cc(-c3c([2H])c([2H])c([2H])c([2H])c3[2H])c2N2CN(c3[c-]c(Oc4[c-]c5c(cc4-c4nc(C(C)(C)C)nc(C(C)(C)C)n4)c4ccccc4n5-c4ccccn4)ccc3)c3ccccc32)c([2H])c1[2H].[CH3-].[Pt]. The predicted octanol–water partition coefficient (Wildman–Crippen LogP) is 16.3. The van der Waals surface area contributed by atoms with Gasteiger partial charge in [-0.2, -0.15) is 6.07 Å². The van der Waals surface area contributed by atoms with Gasteiger partial charge in [0.1, 0.15) is 23.3 Å². The van der Waals surface area contributed by atoms with Gasteiger partial charge in [-0.25, -0.2) is 19.9 Å². The Morgan fingerprint density at radius 2 is 1.16 bits per heavy atom. The van der Waals surface area contributed by atoms with Gasteiger partial charge in [0.2, 0.25) is 0 Å². The molecule has 370 valence electrons. The summed E-state index contributed by atoms with van der Waals surface area (Å²) in [6, 6.07) is 34.6. The van der Waals surface area contributed by atoms with Gasteiger partial charge in [-0.3, -0.25) is 0 Å². The third-order valence-electron chi connectivity index (χ3n) is 12.6. The molecule has 0 amide bonds. The van der Waals surface area contributed by atoms with Crippen molar-refractivity contribution in [2.24, 2.45) is 0 Å². The molecule has 0 fully saturated rings. The van der Waals surface area contributed by atoms with Gasteiger partial charge in [-0.1, -0.05) is 170 Å². The Morgan fingerprint density at radius 1 is 0.575 bits per heavy atom. The Labute approximate surface area is 459 Å². The second-order valence-corrected chi connectivity index (χ2v) is 20.8. The van der Waals surface area contributed by atoms with Gasteiger partial charge >= 0.3 is 0 Å². The third-order valence-corrected chi connectivity index (χ3v) is 12.6. The first-order valence-electron chi connectivity index (χ1n) is 28.6. The Balaban J connectivity index is 0.00000414. The summed E-state index contributed by atoms with van der Waals surface area (Å²) in [7, 11) is 0. The summed E-state index contributed by atoms with van der Waals surface area (Å²) >= 11 is 0. The van der Waals surface area contributed by atoms with Crippen LogP contribution in [0.3, 0.4) is 0 Å². The van der Waals surface area contributed by atoms with E-state index in [0.29, 0.717) is 68.5 Å². The van der Waals surface area contributed by atoms with E-state index in [9.17, 15) is 5.48 Å². The Morgan fingerprint density at radius 3 is 1.75 bits per heavy atom. The van der Waals surface area contributed by atoms with Gasteiger partial charge in [0.25, 0.3) is 0 Å². The molecule has 8 nitrogen and oxygen atoms in total. The van der Waals surface area contributed by atoms with Crippen LogP contribution in [0.25, 0.3) is 61.3 Å². The number of aromatic nitrogens is 5. The number of pyridine rings is 1. The van der Waals surface area contributed by atoms with Gasteiger partial charge in [0, 0.05) is 66.2 Å². The molecular formula is C64H60N7OPt-3. The molecule has 1 aliphatic heterocycles. The molecule has 9 heteroatoms. The third kappa shape index (κ3) is 9.57. The summed E-state index contributed by atoms with van der Waals surface area (Å²) in [5.74, 6) is 2.95. The number of benzene rings is 7. The van der Waals surface area contributed by atoms with E-state index in [-0.39, 0.29) is 63.1 Å². The van der Waals surface area contributed by atoms with Crippen molar-refractivity contribution in [1.29, 1.82) is 0 Å². The minimum atomic E-state index is -0.642. The normalized spacial score (nSPS) is 14.6. The van der Waals surface area contributed by atoms with Gasteiger partial charge < -0.3 is 26.5 Å². The van der Waals surface area contributed by atoms with E-state index in [1.54, 1.807) is 24.4 Å². The van der Waals surface area contributed by atoms with Crippen molar-refractivity contribution >= 4 is 44.6 Å². The molecule has 0 bridgehead atoms. The fourth-order valence-corrected chi connectivity index (χ4v) is 8.94. The quantitative estimate of drug-likeness (QED) is 0.140. The van der Waals surface area contributed by atoms with Crippen LogP contribution in [0.1, 0.15) is 93.2 Å². The second-order valence-electron chi connectivity index (χ2n) is 20.8. The molecular weight excluding hydrogens is 1080 g/mol. The molecule has 0 spiro atoms. The largest absolute Gasteiger partial charge is 0.508 e. The number of para-hydroxylation sites is 3. The summed E-state index contributed by atoms with van der Waals surface area (Å²) in [4.78, 5) is 23.9. The number of rotatable bonds is 8. The number of fused-ring (bicyclic) bond motifs is 4. The van der Waals surface area contributed by atoms with Crippen molar-refractivity contribution in [2.75, 3.05) is 16.5 Å². The van der Waals surface area contributed by atoms with Gasteiger partial charge in [-0.05, 0) is 75.5 Å². The van der Waals surface area contributed by atoms with Crippen LogP contribution in [0.4, 0.5) is 22.7 Å². The van der Waals surface area contributed by atoms with Crippen molar-refractivity contribution in [3.05, 3.63) is 207 Å². The van der Waals surface area contributed by atoms with Crippen molar-refractivity contribution in [1.82, 2.24) is 24.5 Å². The standard InChI is InChI=1S/C63H57N7O.CH3.Pt/c1-61(2,3)43-35-47(41-23-12-10-13-24-41)57(48(36-43)42-25-14-11-15-26-42)69-40-68(52-31-18-19-32-53(52)69)44-27-22-28-45(37-44)71-55-39-54-49(46-29-16-17-30-51(46)70(54)56-33-20-21-34-64-56)38-50(55)58-65-59(62(4,5)6)67-60(66-58)63(7,8)9;;/h10-36,38H,40H2,1-9H3;1H3;/q-2;-1;/i10D,11D,12D,13D,14D,15D,23D,24D,25D,26D;;. The molecule has 11 rings (SSSR count). The zero-order valence-electron chi connectivity index (χ0n) is 52.5. The van der Waals surface area contributed by atoms with Crippen LogP contribution in [0.2, 0.25) is 0 Å². The van der Waals surface area contributed by atoms with Crippen LogP contribution < -0.4 is 14.5 Å². The van der Waals surface area contributed by atoms with Crippen molar-refractivity contribution in [3.63, 3.8) is 0 Å². The predicted molar refractivity (Wildman–Crippen MR) is 297 cm³/mol. The zero-order valence-corrected chi connectivity index (χ0v) is 44.7. The molecule has 7 aromatic carbocycles. The molecule has 1 aliphatic rings. The number of hydrogen-bond donors (Lipinski definition) is 0. The number of nitrogens with zero attached hydrogens (tertiary/aromatic N) is 7. The summed E-state index contributed by atoms with van der Waals surface area (Å²) in [6.07, 6.45) is 1.75. The minimum absolute atomic E-state index is 0. The molecule has 73 heavy (non-hydrogen) atoms. The van der Waals surface area contributed by atoms with Crippen LogP contribution in [-0.4, -0.2) is 31.2 Å². The first kappa shape index (κ1) is 39.2. The molecule has 0 saturated carbocycles. The maximum Gasteiger partial charge on any atom is 0.137 e. The van der Waals surface area contributed by atoms with Crippen LogP contribution >= 0.6 is 0 Å². The number of ether oxygens (including phenoxy) is 1. The van der Waals surface area contributed by atoms with E-state index in [0.717, 1.165) is 16.3 Å². The number of hydrogen-bond acceptors (Lipinski definition) is 7. The average molecular weight is 1150 g/mol. The fraction of sp³-hybridized carbons (Fsp3) is 0.203. The molecule has 0 atom stereocenters. The Bertz CT molecular complexity index is 4050. The van der Waals surface area contributed by atoms with Gasteiger partial charge in [-0.15, -0.1) is 35.7 Å². The van der Waals surface area contributed by atoms with E-state index in [1.165, 1.54) is 0 Å². The molecule has 0 radical (unpaired) electrons. The van der Waals surface area contributed by atoms with E-state index < -0.39 is 76.7 Å². The summed E-state index contributed by atoms with van der Waals surface area (Å²) in [5.41, 5.74) is 3.62. The van der Waals surface area contributed by atoms with Crippen LogP contribution in [0, 0.1) is 19.6 Å².